The van der Waals surface area contributed by atoms with E-state index in [1.165, 1.54) is 0 Å². The van der Waals surface area contributed by atoms with Crippen LogP contribution < -0.4 is 0 Å². The number of ether oxygens (including phenoxy) is 2. The maximum Gasteiger partial charge on any atom is 0.306 e. The third kappa shape index (κ3) is 50.2. The largest absolute Gasteiger partial charge is 0.462 e. The molecule has 0 rings (SSSR count). The van der Waals surface area contributed by atoms with E-state index < -0.39 is 6.10 Å². The smallest absolute Gasteiger partial charge is 0.306 e. The fraction of sp³-hybridized carbons (Fsp3) is 0.525. The Labute approximate surface area is 392 Å². The lowest BCUT2D eigenvalue weighted by atomic mass is 10.1. The van der Waals surface area contributed by atoms with Crippen molar-refractivity contribution in [3.05, 3.63) is 158 Å². The van der Waals surface area contributed by atoms with Crippen LogP contribution in [0.3, 0.4) is 0 Å². The summed E-state index contributed by atoms with van der Waals surface area (Å²) >= 11 is 0. The summed E-state index contributed by atoms with van der Waals surface area (Å²) < 4.78 is 10.6. The molecule has 0 spiro atoms. The number of aliphatic hydroxyl groups is 1. The summed E-state index contributed by atoms with van der Waals surface area (Å²) in [6.07, 6.45) is 81.9. The second-order valence-electron chi connectivity index (χ2n) is 15.8. The molecule has 1 N–H and O–H groups in total. The number of carbonyl (C=O) groups is 2. The highest BCUT2D eigenvalue weighted by Crippen LogP contribution is 2.11. The van der Waals surface area contributed by atoms with Gasteiger partial charge in [-0.05, 0) is 122 Å². The molecular formula is C59H90O5. The minimum atomic E-state index is -0.805. The van der Waals surface area contributed by atoms with Crippen molar-refractivity contribution in [3.63, 3.8) is 0 Å². The van der Waals surface area contributed by atoms with Gasteiger partial charge in [-0.15, -0.1) is 0 Å². The molecule has 0 bridgehead atoms. The summed E-state index contributed by atoms with van der Waals surface area (Å²) in [6.45, 7) is 3.85. The number of aliphatic hydroxyl groups excluding tert-OH is 1. The first-order valence-corrected chi connectivity index (χ1v) is 25.0. The topological polar surface area (TPSA) is 72.8 Å². The zero-order valence-corrected chi connectivity index (χ0v) is 40.5. The summed E-state index contributed by atoms with van der Waals surface area (Å²) in [6, 6.07) is 0. The quantitative estimate of drug-likeness (QED) is 0.0375. The lowest BCUT2D eigenvalue weighted by molar-refractivity contribution is -0.161. The molecule has 0 saturated heterocycles. The van der Waals surface area contributed by atoms with E-state index in [1.54, 1.807) is 0 Å². The van der Waals surface area contributed by atoms with Gasteiger partial charge in [0, 0.05) is 12.8 Å². The van der Waals surface area contributed by atoms with Gasteiger partial charge in [0.1, 0.15) is 6.61 Å². The van der Waals surface area contributed by atoms with E-state index >= 15 is 0 Å². The average Bonchev–Trinajstić information content (AvgIpc) is 3.30. The number of hydrogen-bond donors (Lipinski definition) is 1. The maximum atomic E-state index is 12.2. The Hall–Kier alpha value is -4.48. The molecule has 0 aromatic rings. The molecule has 0 amide bonds. The van der Waals surface area contributed by atoms with Gasteiger partial charge in [-0.2, -0.15) is 0 Å². The second-order valence-corrected chi connectivity index (χ2v) is 15.8. The third-order valence-corrected chi connectivity index (χ3v) is 9.82. The van der Waals surface area contributed by atoms with Crippen molar-refractivity contribution in [1.29, 1.82) is 0 Å². The average molecular weight is 879 g/mol. The fourth-order valence-corrected chi connectivity index (χ4v) is 6.12. The molecule has 0 heterocycles. The zero-order valence-electron chi connectivity index (χ0n) is 40.5. The number of carbonyl (C=O) groups excluding carboxylic acids is 2. The van der Waals surface area contributed by atoms with Gasteiger partial charge in [-0.3, -0.25) is 9.59 Å². The molecule has 1 unspecified atom stereocenters. The van der Waals surface area contributed by atoms with Crippen LogP contribution in [-0.4, -0.2) is 36.4 Å². The number of allylic oxidation sites excluding steroid dienone is 26. The Morgan fingerprint density at radius 1 is 0.359 bits per heavy atom. The van der Waals surface area contributed by atoms with E-state index in [9.17, 15) is 14.7 Å². The highest BCUT2D eigenvalue weighted by atomic mass is 16.6. The van der Waals surface area contributed by atoms with E-state index in [0.717, 1.165) is 154 Å². The molecule has 1 atom stereocenters. The van der Waals surface area contributed by atoms with E-state index in [4.69, 9.17) is 9.47 Å². The van der Waals surface area contributed by atoms with Crippen LogP contribution in [0.4, 0.5) is 0 Å². The number of hydrogen-bond acceptors (Lipinski definition) is 5. The van der Waals surface area contributed by atoms with Gasteiger partial charge in [-0.25, -0.2) is 0 Å². The van der Waals surface area contributed by atoms with Gasteiger partial charge in [0.2, 0.25) is 0 Å². The molecule has 5 nitrogen and oxygen atoms in total. The lowest BCUT2D eigenvalue weighted by Gasteiger charge is -2.15. The predicted octanol–water partition coefficient (Wildman–Crippen LogP) is 16.8. The van der Waals surface area contributed by atoms with Gasteiger partial charge >= 0.3 is 11.9 Å². The molecule has 0 aliphatic rings. The Morgan fingerprint density at radius 2 is 0.625 bits per heavy atom. The normalized spacial score (nSPS) is 13.6. The van der Waals surface area contributed by atoms with Gasteiger partial charge in [-0.1, -0.05) is 204 Å². The first-order chi connectivity index (χ1) is 31.6. The number of rotatable bonds is 43. The molecule has 356 valence electrons. The third-order valence-electron chi connectivity index (χ3n) is 9.82. The fourth-order valence-electron chi connectivity index (χ4n) is 6.12. The molecule has 64 heavy (non-hydrogen) atoms. The van der Waals surface area contributed by atoms with Crippen LogP contribution in [0.2, 0.25) is 0 Å². The van der Waals surface area contributed by atoms with Crippen molar-refractivity contribution in [3.8, 4) is 0 Å². The Balaban J connectivity index is 3.70. The Kier molecular flexibility index (Phi) is 49.2. The van der Waals surface area contributed by atoms with Crippen LogP contribution in [0.25, 0.3) is 0 Å². The van der Waals surface area contributed by atoms with E-state index in [2.05, 4.69) is 172 Å². The van der Waals surface area contributed by atoms with E-state index in [0.29, 0.717) is 12.8 Å². The molecule has 0 aliphatic heterocycles. The standard InChI is InChI=1S/C59H90O5/c1-3-5-7-9-11-13-15-17-19-20-21-22-23-24-25-26-27-28-29-30-31-32-33-34-35-36-37-38-40-42-44-46-48-50-52-54-59(62)64-57(55-60)56-63-58(61)53-51-49-47-45-43-41-39-18-16-14-12-10-8-6-4-2/h5-8,11-14,17-19,21-22,24-25,27-28,30-31,33-34,36-37,39-40,42,57,60H,3-4,9-10,15-16,20,23,26,29,32,35,38,41,43-56H2,1-2H3/b7-5-,8-6-,13-11-,14-12-,19-17-,22-21-,25-24-,28-27-,31-30-,34-33-,37-36-,39-18-,42-40-. The molecular weight excluding hydrogens is 789 g/mol. The van der Waals surface area contributed by atoms with Crippen molar-refractivity contribution in [1.82, 2.24) is 0 Å². The SMILES string of the molecule is CC/C=C\C/C=C\C/C=C\C/C=C\C/C=C\C/C=C\C/C=C\C/C=C\C/C=C\C/C=C\CCCCCCC(=O)OC(CO)COC(=O)CCCCCCC/C=C\C/C=C\C/C=C\CC. The minimum Gasteiger partial charge on any atom is -0.462 e. The minimum absolute atomic E-state index is 0.0965. The van der Waals surface area contributed by atoms with Crippen molar-refractivity contribution >= 4 is 11.9 Å². The number of esters is 2. The summed E-state index contributed by atoms with van der Waals surface area (Å²) in [7, 11) is 0. The molecule has 0 saturated carbocycles. The first-order valence-electron chi connectivity index (χ1n) is 25.0. The lowest BCUT2D eigenvalue weighted by Crippen LogP contribution is -2.28. The Bertz CT molecular complexity index is 1460. The molecule has 0 aromatic carbocycles. The Morgan fingerprint density at radius 3 is 0.938 bits per heavy atom. The van der Waals surface area contributed by atoms with Crippen molar-refractivity contribution in [2.75, 3.05) is 13.2 Å². The van der Waals surface area contributed by atoms with Crippen LogP contribution in [-0.2, 0) is 19.1 Å². The molecule has 0 fully saturated rings. The molecule has 5 heteroatoms. The molecule has 0 radical (unpaired) electrons. The van der Waals surface area contributed by atoms with E-state index in [-0.39, 0.29) is 25.2 Å². The summed E-state index contributed by atoms with van der Waals surface area (Å²) in [4.78, 5) is 24.4. The molecule has 0 aromatic heterocycles. The second kappa shape index (κ2) is 52.9. The van der Waals surface area contributed by atoms with Crippen LogP contribution in [0.1, 0.15) is 181 Å². The van der Waals surface area contributed by atoms with Crippen LogP contribution in [0.5, 0.6) is 0 Å². The van der Waals surface area contributed by atoms with Crippen LogP contribution in [0, 0.1) is 0 Å². The van der Waals surface area contributed by atoms with Gasteiger partial charge in [0.15, 0.2) is 6.10 Å². The summed E-state index contributed by atoms with van der Waals surface area (Å²) in [5, 5.41) is 9.60. The van der Waals surface area contributed by atoms with Gasteiger partial charge in [0.05, 0.1) is 6.61 Å². The predicted molar refractivity (Wildman–Crippen MR) is 278 cm³/mol. The van der Waals surface area contributed by atoms with Crippen molar-refractivity contribution in [2.45, 2.75) is 187 Å². The van der Waals surface area contributed by atoms with Crippen LogP contribution in [0.15, 0.2) is 158 Å². The highest BCUT2D eigenvalue weighted by Gasteiger charge is 2.16. The molecule has 0 aliphatic carbocycles. The van der Waals surface area contributed by atoms with E-state index in [1.807, 2.05) is 0 Å². The first kappa shape index (κ1) is 59.5. The highest BCUT2D eigenvalue weighted by molar-refractivity contribution is 5.70. The summed E-state index contributed by atoms with van der Waals surface area (Å²) in [5.41, 5.74) is 0. The van der Waals surface area contributed by atoms with Crippen molar-refractivity contribution < 1.29 is 24.2 Å². The monoisotopic (exact) mass is 879 g/mol. The van der Waals surface area contributed by atoms with Gasteiger partial charge < -0.3 is 14.6 Å². The summed E-state index contributed by atoms with van der Waals surface area (Å²) in [5.74, 6) is -0.655. The maximum absolute atomic E-state index is 12.2. The van der Waals surface area contributed by atoms with Crippen molar-refractivity contribution in [2.24, 2.45) is 0 Å². The van der Waals surface area contributed by atoms with Crippen LogP contribution >= 0.6 is 0 Å². The zero-order chi connectivity index (χ0) is 46.3. The van der Waals surface area contributed by atoms with Gasteiger partial charge in [0.25, 0.3) is 0 Å². The number of unbranched alkanes of at least 4 members (excludes halogenated alkanes) is 9.